The Bertz CT molecular complexity index is 510. The quantitative estimate of drug-likeness (QED) is 0.585. The molecule has 1 rings (SSSR count). The van der Waals surface area contributed by atoms with E-state index in [2.05, 4.69) is 4.74 Å². The van der Waals surface area contributed by atoms with Gasteiger partial charge in [-0.3, -0.25) is 4.79 Å². The topological polar surface area (TPSA) is 29.5 Å². The van der Waals surface area contributed by atoms with Gasteiger partial charge < -0.3 is 9.64 Å². The molecular weight excluding hydrogens is 304 g/mol. The van der Waals surface area contributed by atoms with Gasteiger partial charge in [0, 0.05) is 19.8 Å². The number of methoxy groups -OCH3 is 1. The average molecular weight is 329 g/mol. The SMILES string of the molecule is COC(=O)CC(c1ccc(N(C)C)cc1)C(F)(F)[Si](C)(C)C. The number of hydrogen-bond donors (Lipinski definition) is 0. The lowest BCUT2D eigenvalue weighted by molar-refractivity contribution is -0.142. The third-order valence-corrected chi connectivity index (χ3v) is 6.20. The minimum absolute atomic E-state index is 0.310. The van der Waals surface area contributed by atoms with Crippen LogP contribution in [-0.4, -0.2) is 40.8 Å². The molecule has 1 atom stereocenters. The van der Waals surface area contributed by atoms with Gasteiger partial charge in [0.1, 0.15) is 8.07 Å². The van der Waals surface area contributed by atoms with Crippen molar-refractivity contribution in [1.82, 2.24) is 0 Å². The molecule has 0 fully saturated rings. The first kappa shape index (κ1) is 18.6. The first-order valence-corrected chi connectivity index (χ1v) is 10.7. The summed E-state index contributed by atoms with van der Waals surface area (Å²) in [5.74, 6) is -1.76. The Hall–Kier alpha value is -1.43. The molecule has 0 radical (unpaired) electrons. The second kappa shape index (κ2) is 6.77. The van der Waals surface area contributed by atoms with Crippen molar-refractivity contribution in [1.29, 1.82) is 0 Å². The Morgan fingerprint density at radius 3 is 2.09 bits per heavy atom. The number of alkyl halides is 2. The van der Waals surface area contributed by atoms with Crippen LogP contribution in [-0.2, 0) is 9.53 Å². The van der Waals surface area contributed by atoms with E-state index in [0.717, 1.165) is 5.69 Å². The van der Waals surface area contributed by atoms with E-state index in [1.54, 1.807) is 43.9 Å². The molecule has 0 aromatic heterocycles. The summed E-state index contributed by atoms with van der Waals surface area (Å²) in [7, 11) is 2.20. The minimum Gasteiger partial charge on any atom is -0.469 e. The number of carbonyl (C=O) groups excluding carboxylic acids is 1. The van der Waals surface area contributed by atoms with E-state index in [9.17, 15) is 13.6 Å². The number of halogens is 2. The number of esters is 1. The summed E-state index contributed by atoms with van der Waals surface area (Å²) in [6.07, 6.45) is -0.310. The number of anilines is 1. The standard InChI is InChI=1S/C16H25F2NO2Si/c1-19(2)13-9-7-12(8-10-13)14(11-15(20)21-3)16(17,18)22(4,5)6/h7-10,14H,11H2,1-6H3. The zero-order chi connectivity index (χ0) is 17.1. The second-order valence-electron chi connectivity index (χ2n) is 6.69. The molecule has 1 unspecified atom stereocenters. The van der Waals surface area contributed by atoms with Gasteiger partial charge in [0.2, 0.25) is 5.55 Å². The lowest BCUT2D eigenvalue weighted by atomic mass is 9.95. The van der Waals surface area contributed by atoms with Gasteiger partial charge in [0.25, 0.3) is 0 Å². The Kier molecular flexibility index (Phi) is 5.73. The van der Waals surface area contributed by atoms with Crippen LogP contribution in [0.25, 0.3) is 0 Å². The summed E-state index contributed by atoms with van der Waals surface area (Å²) < 4.78 is 34.4. The smallest absolute Gasteiger partial charge is 0.306 e. The van der Waals surface area contributed by atoms with E-state index in [1.165, 1.54) is 7.11 Å². The van der Waals surface area contributed by atoms with Gasteiger partial charge in [-0.05, 0) is 17.7 Å². The molecule has 0 spiro atoms. The first-order valence-electron chi connectivity index (χ1n) is 7.22. The third-order valence-electron chi connectivity index (χ3n) is 3.85. The molecule has 0 saturated heterocycles. The predicted octanol–water partition coefficient (Wildman–Crippen LogP) is 3.91. The number of benzene rings is 1. The Balaban J connectivity index is 3.23. The van der Waals surface area contributed by atoms with Gasteiger partial charge in [-0.15, -0.1) is 0 Å². The molecule has 0 saturated carbocycles. The Morgan fingerprint density at radius 1 is 1.23 bits per heavy atom. The summed E-state index contributed by atoms with van der Waals surface area (Å²) >= 11 is 0. The predicted molar refractivity (Wildman–Crippen MR) is 88.4 cm³/mol. The van der Waals surface area contributed by atoms with Crippen molar-refractivity contribution in [2.45, 2.75) is 37.5 Å². The number of carbonyl (C=O) groups is 1. The maximum atomic E-state index is 14.9. The van der Waals surface area contributed by atoms with Crippen LogP contribution < -0.4 is 4.90 Å². The van der Waals surface area contributed by atoms with Crippen LogP contribution in [0.1, 0.15) is 17.9 Å². The van der Waals surface area contributed by atoms with Crippen LogP contribution in [0.15, 0.2) is 24.3 Å². The van der Waals surface area contributed by atoms with Crippen LogP contribution in [0.4, 0.5) is 14.5 Å². The minimum atomic E-state index is -2.90. The first-order chi connectivity index (χ1) is 10.0. The highest BCUT2D eigenvalue weighted by atomic mass is 28.3. The molecule has 1 aromatic carbocycles. The van der Waals surface area contributed by atoms with Crippen LogP contribution >= 0.6 is 0 Å². The lowest BCUT2D eigenvalue weighted by Gasteiger charge is -2.35. The fraction of sp³-hybridized carbons (Fsp3) is 0.562. The highest BCUT2D eigenvalue weighted by Gasteiger charge is 2.52. The number of nitrogens with zero attached hydrogens (tertiary/aromatic N) is 1. The Morgan fingerprint density at radius 2 is 1.73 bits per heavy atom. The van der Waals surface area contributed by atoms with Crippen LogP contribution in [0.5, 0.6) is 0 Å². The molecule has 1 aromatic rings. The molecule has 0 aliphatic carbocycles. The molecule has 6 heteroatoms. The van der Waals surface area contributed by atoms with Crippen molar-refractivity contribution >= 4 is 19.7 Å². The van der Waals surface area contributed by atoms with Gasteiger partial charge in [-0.25, -0.2) is 8.78 Å². The normalized spacial score (nSPS) is 13.6. The van der Waals surface area contributed by atoms with Crippen molar-refractivity contribution in [3.63, 3.8) is 0 Å². The van der Waals surface area contributed by atoms with Gasteiger partial charge in [0.15, 0.2) is 0 Å². The second-order valence-corrected chi connectivity index (χ2v) is 11.9. The van der Waals surface area contributed by atoms with E-state index in [0.29, 0.717) is 5.56 Å². The van der Waals surface area contributed by atoms with Crippen molar-refractivity contribution in [2.24, 2.45) is 0 Å². The number of ether oxygens (including phenoxy) is 1. The van der Waals surface area contributed by atoms with Crippen molar-refractivity contribution in [2.75, 3.05) is 26.1 Å². The van der Waals surface area contributed by atoms with Crippen LogP contribution in [0, 0.1) is 0 Å². The molecule has 22 heavy (non-hydrogen) atoms. The highest BCUT2D eigenvalue weighted by molar-refractivity contribution is 6.78. The maximum absolute atomic E-state index is 14.9. The molecule has 3 nitrogen and oxygen atoms in total. The van der Waals surface area contributed by atoms with Crippen molar-refractivity contribution < 1.29 is 18.3 Å². The molecule has 124 valence electrons. The summed E-state index contributed by atoms with van der Waals surface area (Å²) in [4.78, 5) is 13.5. The van der Waals surface area contributed by atoms with Gasteiger partial charge in [0.05, 0.1) is 19.4 Å². The van der Waals surface area contributed by atoms with Gasteiger partial charge in [-0.1, -0.05) is 31.8 Å². The maximum Gasteiger partial charge on any atom is 0.306 e. The zero-order valence-corrected chi connectivity index (χ0v) is 15.1. The van der Waals surface area contributed by atoms with E-state index < -0.39 is 25.5 Å². The van der Waals surface area contributed by atoms with Gasteiger partial charge in [-0.2, -0.15) is 0 Å². The number of rotatable bonds is 6. The summed E-state index contributed by atoms with van der Waals surface area (Å²) in [5, 5.41) is 0. The van der Waals surface area contributed by atoms with Gasteiger partial charge >= 0.3 is 5.97 Å². The fourth-order valence-corrected chi connectivity index (χ4v) is 3.55. The molecule has 0 N–H and O–H groups in total. The molecule has 0 amide bonds. The molecule has 0 bridgehead atoms. The summed E-state index contributed by atoms with van der Waals surface area (Å²) in [5.41, 5.74) is -1.50. The van der Waals surface area contributed by atoms with Crippen molar-refractivity contribution in [3.05, 3.63) is 29.8 Å². The largest absolute Gasteiger partial charge is 0.469 e. The summed E-state index contributed by atoms with van der Waals surface area (Å²) in [6.45, 7) is 4.85. The highest BCUT2D eigenvalue weighted by Crippen LogP contribution is 2.43. The summed E-state index contributed by atoms with van der Waals surface area (Å²) in [6, 6.07) is 6.94. The van der Waals surface area contributed by atoms with E-state index in [1.807, 2.05) is 19.0 Å². The lowest BCUT2D eigenvalue weighted by Crippen LogP contribution is -2.50. The molecule has 0 aliphatic rings. The average Bonchev–Trinajstić information content (AvgIpc) is 2.43. The monoisotopic (exact) mass is 329 g/mol. The van der Waals surface area contributed by atoms with E-state index >= 15 is 0 Å². The van der Waals surface area contributed by atoms with Crippen LogP contribution in [0.3, 0.4) is 0 Å². The van der Waals surface area contributed by atoms with E-state index in [-0.39, 0.29) is 6.42 Å². The van der Waals surface area contributed by atoms with Crippen molar-refractivity contribution in [3.8, 4) is 0 Å². The van der Waals surface area contributed by atoms with Crippen LogP contribution in [0.2, 0.25) is 19.6 Å². The number of hydrogen-bond acceptors (Lipinski definition) is 3. The zero-order valence-electron chi connectivity index (χ0n) is 14.1. The van der Waals surface area contributed by atoms with E-state index in [4.69, 9.17) is 0 Å². The molecule has 0 heterocycles. The Labute approximate surface area is 132 Å². The fourth-order valence-electron chi connectivity index (χ4n) is 2.23. The molecular formula is C16H25F2NO2Si. The molecule has 0 aliphatic heterocycles. The third kappa shape index (κ3) is 4.06.